The van der Waals surface area contributed by atoms with Crippen LogP contribution in [0.4, 0.5) is 10.6 Å². The molecule has 2 amide bonds. The highest BCUT2D eigenvalue weighted by molar-refractivity contribution is 5.88. The van der Waals surface area contributed by atoms with Crippen molar-refractivity contribution in [2.45, 2.75) is 39.4 Å². The number of carbonyl (C=O) groups is 1. The fraction of sp³-hybridized carbons (Fsp3) is 0.714. The van der Waals surface area contributed by atoms with Gasteiger partial charge in [0, 0.05) is 32.2 Å². The molecule has 0 aliphatic carbocycles. The first kappa shape index (κ1) is 15.8. The highest BCUT2D eigenvalue weighted by Crippen LogP contribution is 2.10. The summed E-state index contributed by atoms with van der Waals surface area (Å²) < 4.78 is 10.6. The Hall–Kier alpha value is -1.60. The Bertz CT molecular complexity index is 453. The van der Waals surface area contributed by atoms with Crippen LogP contribution in [0.3, 0.4) is 0 Å². The van der Waals surface area contributed by atoms with Gasteiger partial charge in [-0.3, -0.25) is 10.2 Å². The molecule has 0 radical (unpaired) electrons. The average Bonchev–Trinajstić information content (AvgIpc) is 2.79. The number of carbonyl (C=O) groups excluding carboxylic acids is 1. The maximum Gasteiger partial charge on any atom is 0.320 e. The van der Waals surface area contributed by atoms with Gasteiger partial charge in [0.25, 0.3) is 0 Å². The number of ether oxygens (including phenoxy) is 1. The van der Waals surface area contributed by atoms with Crippen molar-refractivity contribution in [1.29, 1.82) is 0 Å². The molecule has 1 aromatic heterocycles. The molecule has 0 saturated carbocycles. The zero-order chi connectivity index (χ0) is 15.2. The van der Waals surface area contributed by atoms with Crippen molar-refractivity contribution in [3.8, 4) is 0 Å². The van der Waals surface area contributed by atoms with Crippen molar-refractivity contribution in [1.82, 2.24) is 15.4 Å². The van der Waals surface area contributed by atoms with E-state index in [-0.39, 0.29) is 18.2 Å². The number of hydrogen-bond acceptors (Lipinski definition) is 5. The van der Waals surface area contributed by atoms with Crippen molar-refractivity contribution < 1.29 is 14.1 Å². The molecule has 7 nitrogen and oxygen atoms in total. The number of nitrogens with zero attached hydrogens (tertiary/aromatic N) is 2. The number of urea groups is 1. The first-order valence-electron chi connectivity index (χ1n) is 7.39. The van der Waals surface area contributed by atoms with Gasteiger partial charge in [-0.15, -0.1) is 0 Å². The van der Waals surface area contributed by atoms with Crippen molar-refractivity contribution >= 4 is 11.8 Å². The Labute approximate surface area is 125 Å². The second-order valence-electron chi connectivity index (χ2n) is 5.57. The highest BCUT2D eigenvalue weighted by Gasteiger charge is 2.21. The standard InChI is InChI=1S/C14H24N4O3/c1-10-7-13(17-21-10)16-14(19)15-5-4-6-18-8-11(2)20-12(3)9-18/h7,11-12H,4-6,8-9H2,1-3H3,(H2,15,16,17,19). The predicted octanol–water partition coefficient (Wildman–Crippen LogP) is 1.60. The van der Waals surface area contributed by atoms with Gasteiger partial charge in [0.15, 0.2) is 5.82 Å². The van der Waals surface area contributed by atoms with E-state index in [2.05, 4.69) is 34.5 Å². The van der Waals surface area contributed by atoms with Crippen LogP contribution in [0.5, 0.6) is 0 Å². The molecule has 2 unspecified atom stereocenters. The quantitative estimate of drug-likeness (QED) is 0.807. The highest BCUT2D eigenvalue weighted by atomic mass is 16.5. The summed E-state index contributed by atoms with van der Waals surface area (Å²) in [5, 5.41) is 9.14. The van der Waals surface area contributed by atoms with Gasteiger partial charge >= 0.3 is 6.03 Å². The summed E-state index contributed by atoms with van der Waals surface area (Å²) in [5.41, 5.74) is 0. The van der Waals surface area contributed by atoms with Gasteiger partial charge in [0.1, 0.15) is 5.76 Å². The average molecular weight is 296 g/mol. The maximum atomic E-state index is 11.6. The Morgan fingerprint density at radius 2 is 2.14 bits per heavy atom. The zero-order valence-corrected chi connectivity index (χ0v) is 12.9. The normalized spacial score (nSPS) is 23.0. The minimum atomic E-state index is -0.257. The molecule has 1 aromatic rings. The number of hydrogen-bond donors (Lipinski definition) is 2. The van der Waals surface area contributed by atoms with Gasteiger partial charge in [-0.1, -0.05) is 5.16 Å². The van der Waals surface area contributed by atoms with E-state index in [0.717, 1.165) is 26.1 Å². The molecule has 118 valence electrons. The predicted molar refractivity (Wildman–Crippen MR) is 79.3 cm³/mol. The van der Waals surface area contributed by atoms with Crippen LogP contribution in [-0.2, 0) is 4.74 Å². The lowest BCUT2D eigenvalue weighted by Crippen LogP contribution is -2.46. The van der Waals surface area contributed by atoms with E-state index in [1.807, 2.05) is 0 Å². The third-order valence-electron chi connectivity index (χ3n) is 3.30. The maximum absolute atomic E-state index is 11.6. The molecule has 0 bridgehead atoms. The monoisotopic (exact) mass is 296 g/mol. The fourth-order valence-corrected chi connectivity index (χ4v) is 2.56. The number of rotatable bonds is 5. The molecular formula is C14H24N4O3. The molecule has 1 aliphatic rings. The Morgan fingerprint density at radius 1 is 1.43 bits per heavy atom. The molecular weight excluding hydrogens is 272 g/mol. The van der Waals surface area contributed by atoms with Gasteiger partial charge in [0.2, 0.25) is 0 Å². The first-order chi connectivity index (χ1) is 10.0. The van der Waals surface area contributed by atoms with E-state index in [9.17, 15) is 4.79 Å². The van der Waals surface area contributed by atoms with Crippen LogP contribution in [0.1, 0.15) is 26.0 Å². The molecule has 1 saturated heterocycles. The molecule has 0 spiro atoms. The second-order valence-corrected chi connectivity index (χ2v) is 5.57. The molecule has 0 aromatic carbocycles. The van der Waals surface area contributed by atoms with Crippen molar-refractivity contribution in [3.05, 3.63) is 11.8 Å². The minimum Gasteiger partial charge on any atom is -0.373 e. The topological polar surface area (TPSA) is 79.6 Å². The van der Waals surface area contributed by atoms with Crippen LogP contribution in [-0.4, -0.2) is 54.5 Å². The molecule has 2 heterocycles. The summed E-state index contributed by atoms with van der Waals surface area (Å²) in [6.07, 6.45) is 1.46. The van der Waals surface area contributed by atoms with E-state index >= 15 is 0 Å². The third-order valence-corrected chi connectivity index (χ3v) is 3.30. The van der Waals surface area contributed by atoms with Crippen LogP contribution >= 0.6 is 0 Å². The van der Waals surface area contributed by atoms with Gasteiger partial charge in [-0.25, -0.2) is 4.79 Å². The second kappa shape index (κ2) is 7.42. The number of nitrogens with one attached hydrogen (secondary N) is 2. The smallest absolute Gasteiger partial charge is 0.320 e. The molecule has 2 rings (SSSR count). The number of amides is 2. The van der Waals surface area contributed by atoms with Gasteiger partial charge < -0.3 is 14.6 Å². The lowest BCUT2D eigenvalue weighted by atomic mass is 10.2. The Kier molecular flexibility index (Phi) is 5.58. The molecule has 1 fully saturated rings. The molecule has 2 N–H and O–H groups in total. The van der Waals surface area contributed by atoms with E-state index in [0.29, 0.717) is 18.1 Å². The zero-order valence-electron chi connectivity index (χ0n) is 12.9. The van der Waals surface area contributed by atoms with Gasteiger partial charge in [-0.2, -0.15) is 0 Å². The Morgan fingerprint density at radius 3 is 2.76 bits per heavy atom. The molecule has 2 atom stereocenters. The minimum absolute atomic E-state index is 0.257. The summed E-state index contributed by atoms with van der Waals surface area (Å²) in [6, 6.07) is 1.42. The van der Waals surface area contributed by atoms with Crippen molar-refractivity contribution in [3.63, 3.8) is 0 Å². The van der Waals surface area contributed by atoms with Crippen LogP contribution in [0.15, 0.2) is 10.6 Å². The number of morpholine rings is 1. The summed E-state index contributed by atoms with van der Waals surface area (Å²) in [6.45, 7) is 9.45. The summed E-state index contributed by atoms with van der Waals surface area (Å²) in [5.74, 6) is 1.10. The lowest BCUT2D eigenvalue weighted by Gasteiger charge is -2.35. The first-order valence-corrected chi connectivity index (χ1v) is 7.39. The van der Waals surface area contributed by atoms with Gasteiger partial charge in [-0.05, 0) is 27.2 Å². The summed E-state index contributed by atoms with van der Waals surface area (Å²) >= 11 is 0. The van der Waals surface area contributed by atoms with Crippen LogP contribution in [0, 0.1) is 6.92 Å². The number of aryl methyl sites for hydroxylation is 1. The fourth-order valence-electron chi connectivity index (χ4n) is 2.56. The van der Waals surface area contributed by atoms with Gasteiger partial charge in [0.05, 0.1) is 12.2 Å². The SMILES string of the molecule is Cc1cc(NC(=O)NCCCN2CC(C)OC(C)C2)no1. The van der Waals surface area contributed by atoms with Crippen molar-refractivity contribution in [2.75, 3.05) is 31.5 Å². The van der Waals surface area contributed by atoms with E-state index in [1.165, 1.54) is 0 Å². The number of aromatic nitrogens is 1. The van der Waals surface area contributed by atoms with Crippen LogP contribution in [0.25, 0.3) is 0 Å². The Balaban J connectivity index is 1.60. The van der Waals surface area contributed by atoms with Crippen LogP contribution < -0.4 is 10.6 Å². The molecule has 21 heavy (non-hydrogen) atoms. The number of anilines is 1. The van der Waals surface area contributed by atoms with Crippen LogP contribution in [0.2, 0.25) is 0 Å². The summed E-state index contributed by atoms with van der Waals surface area (Å²) in [7, 11) is 0. The van der Waals surface area contributed by atoms with E-state index in [4.69, 9.17) is 9.26 Å². The van der Waals surface area contributed by atoms with E-state index < -0.39 is 0 Å². The lowest BCUT2D eigenvalue weighted by molar-refractivity contribution is -0.0679. The van der Waals surface area contributed by atoms with E-state index in [1.54, 1.807) is 13.0 Å². The molecule has 1 aliphatic heterocycles. The third kappa shape index (κ3) is 5.35. The largest absolute Gasteiger partial charge is 0.373 e. The van der Waals surface area contributed by atoms with Crippen molar-refractivity contribution in [2.24, 2.45) is 0 Å². The summed E-state index contributed by atoms with van der Waals surface area (Å²) in [4.78, 5) is 14.0. The molecule has 7 heteroatoms.